The maximum absolute atomic E-state index is 12.2. The number of carbonyl (C=O) groups excluding carboxylic acids is 2. The average Bonchev–Trinajstić information content (AvgIpc) is 2.47. The first-order chi connectivity index (χ1) is 10.0. The van der Waals surface area contributed by atoms with Crippen LogP contribution < -0.4 is 5.32 Å². The van der Waals surface area contributed by atoms with E-state index in [2.05, 4.69) is 5.32 Å². The second kappa shape index (κ2) is 6.22. The SMILES string of the molecule is COC(=O)c1ccc(NC(=O)c2ccccc2C)cc1C. The van der Waals surface area contributed by atoms with Crippen molar-refractivity contribution in [2.45, 2.75) is 13.8 Å². The molecule has 0 saturated heterocycles. The van der Waals surface area contributed by atoms with Crippen molar-refractivity contribution in [1.82, 2.24) is 0 Å². The van der Waals surface area contributed by atoms with Gasteiger partial charge in [-0.15, -0.1) is 0 Å². The van der Waals surface area contributed by atoms with E-state index in [-0.39, 0.29) is 11.9 Å². The molecule has 0 unspecified atom stereocenters. The summed E-state index contributed by atoms with van der Waals surface area (Å²) in [5, 5.41) is 2.83. The lowest BCUT2D eigenvalue weighted by atomic mass is 10.1. The molecule has 0 fully saturated rings. The van der Waals surface area contributed by atoms with Crippen LogP contribution in [-0.2, 0) is 4.74 Å². The van der Waals surface area contributed by atoms with Gasteiger partial charge < -0.3 is 10.1 Å². The number of hydrogen-bond acceptors (Lipinski definition) is 3. The Hall–Kier alpha value is -2.62. The molecule has 21 heavy (non-hydrogen) atoms. The van der Waals surface area contributed by atoms with Gasteiger partial charge in [-0.1, -0.05) is 18.2 Å². The van der Waals surface area contributed by atoms with E-state index in [0.717, 1.165) is 11.1 Å². The van der Waals surface area contributed by atoms with E-state index in [1.165, 1.54) is 7.11 Å². The fourth-order valence-electron chi connectivity index (χ4n) is 2.11. The smallest absolute Gasteiger partial charge is 0.338 e. The van der Waals surface area contributed by atoms with Gasteiger partial charge in [-0.25, -0.2) is 4.79 Å². The molecule has 4 heteroatoms. The molecule has 0 spiro atoms. The number of esters is 1. The van der Waals surface area contributed by atoms with Crippen molar-refractivity contribution in [3.05, 3.63) is 64.7 Å². The third kappa shape index (κ3) is 3.28. The zero-order chi connectivity index (χ0) is 15.4. The third-order valence-electron chi connectivity index (χ3n) is 3.28. The van der Waals surface area contributed by atoms with Crippen LogP contribution in [0.2, 0.25) is 0 Å². The zero-order valence-corrected chi connectivity index (χ0v) is 12.3. The second-order valence-electron chi connectivity index (χ2n) is 4.79. The lowest BCUT2D eigenvalue weighted by Gasteiger charge is -2.10. The van der Waals surface area contributed by atoms with Crippen molar-refractivity contribution in [3.63, 3.8) is 0 Å². The van der Waals surface area contributed by atoms with Gasteiger partial charge in [0.2, 0.25) is 0 Å². The van der Waals surface area contributed by atoms with Gasteiger partial charge in [0.05, 0.1) is 12.7 Å². The van der Waals surface area contributed by atoms with Crippen molar-refractivity contribution in [2.24, 2.45) is 0 Å². The molecule has 2 aromatic rings. The molecular formula is C17H17NO3. The van der Waals surface area contributed by atoms with Crippen molar-refractivity contribution in [1.29, 1.82) is 0 Å². The molecule has 0 bridgehead atoms. The van der Waals surface area contributed by atoms with Gasteiger partial charge in [-0.3, -0.25) is 4.79 Å². The standard InChI is InChI=1S/C17H17NO3/c1-11-6-4-5-7-14(11)16(19)18-13-8-9-15(12(2)10-13)17(20)21-3/h4-10H,1-3H3,(H,18,19). The molecule has 2 aromatic carbocycles. The van der Waals surface area contributed by atoms with Crippen molar-refractivity contribution < 1.29 is 14.3 Å². The van der Waals surface area contributed by atoms with Crippen LogP contribution in [0.5, 0.6) is 0 Å². The Labute approximate surface area is 123 Å². The van der Waals surface area contributed by atoms with Gasteiger partial charge in [-0.05, 0) is 49.2 Å². The Kier molecular flexibility index (Phi) is 4.38. The summed E-state index contributed by atoms with van der Waals surface area (Å²) in [6, 6.07) is 12.5. The summed E-state index contributed by atoms with van der Waals surface area (Å²) < 4.78 is 4.70. The van der Waals surface area contributed by atoms with Gasteiger partial charge in [0.15, 0.2) is 0 Å². The molecule has 0 aliphatic heterocycles. The van der Waals surface area contributed by atoms with Gasteiger partial charge in [-0.2, -0.15) is 0 Å². The lowest BCUT2D eigenvalue weighted by molar-refractivity contribution is 0.0600. The molecule has 4 nitrogen and oxygen atoms in total. The Morgan fingerprint density at radius 2 is 1.67 bits per heavy atom. The maximum atomic E-state index is 12.2. The summed E-state index contributed by atoms with van der Waals surface area (Å²) in [6.07, 6.45) is 0. The molecule has 0 aliphatic carbocycles. The lowest BCUT2D eigenvalue weighted by Crippen LogP contribution is -2.14. The minimum Gasteiger partial charge on any atom is -0.465 e. The summed E-state index contributed by atoms with van der Waals surface area (Å²) in [7, 11) is 1.34. The average molecular weight is 283 g/mol. The Morgan fingerprint density at radius 1 is 0.952 bits per heavy atom. The first-order valence-corrected chi connectivity index (χ1v) is 6.59. The Bertz CT molecular complexity index is 692. The van der Waals surface area contributed by atoms with E-state index in [1.54, 1.807) is 31.2 Å². The fraction of sp³-hybridized carbons (Fsp3) is 0.176. The van der Waals surface area contributed by atoms with E-state index in [4.69, 9.17) is 4.74 Å². The summed E-state index contributed by atoms with van der Waals surface area (Å²) in [5.41, 5.74) is 3.44. The molecular weight excluding hydrogens is 266 g/mol. The number of aryl methyl sites for hydroxylation is 2. The molecule has 1 amide bonds. The number of methoxy groups -OCH3 is 1. The zero-order valence-electron chi connectivity index (χ0n) is 12.3. The number of ether oxygens (including phenoxy) is 1. The first-order valence-electron chi connectivity index (χ1n) is 6.59. The minimum absolute atomic E-state index is 0.168. The summed E-state index contributed by atoms with van der Waals surface area (Å²) in [4.78, 5) is 23.7. The number of benzene rings is 2. The normalized spacial score (nSPS) is 10.0. The monoisotopic (exact) mass is 283 g/mol. The van der Waals surface area contributed by atoms with Crippen LogP contribution in [0.15, 0.2) is 42.5 Å². The highest BCUT2D eigenvalue weighted by atomic mass is 16.5. The van der Waals surface area contributed by atoms with E-state index >= 15 is 0 Å². The number of hydrogen-bond donors (Lipinski definition) is 1. The Balaban J connectivity index is 2.21. The predicted molar refractivity (Wildman–Crippen MR) is 81.7 cm³/mol. The van der Waals surface area contributed by atoms with Crippen LogP contribution in [0.4, 0.5) is 5.69 Å². The highest BCUT2D eigenvalue weighted by Gasteiger charge is 2.12. The fourth-order valence-corrected chi connectivity index (χ4v) is 2.11. The van der Waals surface area contributed by atoms with Gasteiger partial charge in [0, 0.05) is 11.3 Å². The largest absolute Gasteiger partial charge is 0.465 e. The molecule has 1 N–H and O–H groups in total. The number of anilines is 1. The molecule has 0 aromatic heterocycles. The first kappa shape index (κ1) is 14.8. The van der Waals surface area contributed by atoms with Crippen LogP contribution in [-0.4, -0.2) is 19.0 Å². The molecule has 0 saturated carbocycles. The molecule has 108 valence electrons. The van der Waals surface area contributed by atoms with Crippen molar-refractivity contribution in [3.8, 4) is 0 Å². The van der Waals surface area contributed by atoms with E-state index in [1.807, 2.05) is 25.1 Å². The second-order valence-corrected chi connectivity index (χ2v) is 4.79. The minimum atomic E-state index is -0.385. The van der Waals surface area contributed by atoms with Crippen LogP contribution >= 0.6 is 0 Å². The van der Waals surface area contributed by atoms with E-state index in [0.29, 0.717) is 16.8 Å². The highest BCUT2D eigenvalue weighted by molar-refractivity contribution is 6.05. The van der Waals surface area contributed by atoms with Crippen LogP contribution in [0.1, 0.15) is 31.8 Å². The molecule has 0 radical (unpaired) electrons. The summed E-state index contributed by atoms with van der Waals surface area (Å²) in [6.45, 7) is 3.69. The van der Waals surface area contributed by atoms with Crippen molar-refractivity contribution in [2.75, 3.05) is 12.4 Å². The topological polar surface area (TPSA) is 55.4 Å². The quantitative estimate of drug-likeness (QED) is 0.879. The molecule has 2 rings (SSSR count). The highest BCUT2D eigenvalue weighted by Crippen LogP contribution is 2.17. The number of rotatable bonds is 3. The van der Waals surface area contributed by atoms with Gasteiger partial charge in [0.1, 0.15) is 0 Å². The van der Waals surface area contributed by atoms with Crippen LogP contribution in [0, 0.1) is 13.8 Å². The van der Waals surface area contributed by atoms with Crippen LogP contribution in [0.3, 0.4) is 0 Å². The number of amides is 1. The number of nitrogens with one attached hydrogen (secondary N) is 1. The summed E-state index contributed by atoms with van der Waals surface area (Å²) >= 11 is 0. The molecule has 0 heterocycles. The number of carbonyl (C=O) groups is 2. The third-order valence-corrected chi connectivity index (χ3v) is 3.28. The van der Waals surface area contributed by atoms with Crippen LogP contribution in [0.25, 0.3) is 0 Å². The summed E-state index contributed by atoms with van der Waals surface area (Å²) in [5.74, 6) is -0.553. The predicted octanol–water partition coefficient (Wildman–Crippen LogP) is 3.34. The molecule has 0 atom stereocenters. The van der Waals surface area contributed by atoms with E-state index in [9.17, 15) is 9.59 Å². The molecule has 0 aliphatic rings. The Morgan fingerprint density at radius 3 is 2.29 bits per heavy atom. The van der Waals surface area contributed by atoms with Gasteiger partial charge in [0.25, 0.3) is 5.91 Å². The van der Waals surface area contributed by atoms with E-state index < -0.39 is 0 Å². The van der Waals surface area contributed by atoms with Gasteiger partial charge >= 0.3 is 5.97 Å². The van der Waals surface area contributed by atoms with Crippen molar-refractivity contribution >= 4 is 17.6 Å². The maximum Gasteiger partial charge on any atom is 0.338 e.